The largest absolute Gasteiger partial charge is 0.385 e. The van der Waals surface area contributed by atoms with E-state index in [1.54, 1.807) is 25.2 Å². The second-order valence-electron chi connectivity index (χ2n) is 5.29. The van der Waals surface area contributed by atoms with Gasteiger partial charge in [0, 0.05) is 24.8 Å². The summed E-state index contributed by atoms with van der Waals surface area (Å²) in [5, 5.41) is 5.64. The lowest BCUT2D eigenvalue weighted by Crippen LogP contribution is -2.18. The number of hydrogen-bond acceptors (Lipinski definition) is 4. The van der Waals surface area contributed by atoms with Gasteiger partial charge in [0.15, 0.2) is 0 Å². The normalized spacial score (nSPS) is 11.4. The smallest absolute Gasteiger partial charge is 0.341 e. The first-order chi connectivity index (χ1) is 11.8. The number of halogens is 2. The lowest BCUT2D eigenvalue weighted by Gasteiger charge is -2.09. The fourth-order valence-electron chi connectivity index (χ4n) is 2.23. The summed E-state index contributed by atoms with van der Waals surface area (Å²) in [6, 6.07) is 12.4. The number of hydrogen-bond donors (Lipinski definition) is 2. The third kappa shape index (κ3) is 4.76. The molecule has 8 heteroatoms. The predicted molar refractivity (Wildman–Crippen MR) is 91.7 cm³/mol. The second-order valence-corrected chi connectivity index (χ2v) is 7.20. The van der Waals surface area contributed by atoms with Crippen molar-refractivity contribution in [1.29, 1.82) is 0 Å². The van der Waals surface area contributed by atoms with Gasteiger partial charge in [-0.05, 0) is 48.4 Å². The highest BCUT2D eigenvalue weighted by Gasteiger charge is 2.26. The molecular weight excluding hydrogens is 350 g/mol. The summed E-state index contributed by atoms with van der Waals surface area (Å²) in [6.07, 6.45) is 0.641. The zero-order chi connectivity index (χ0) is 18.4. The van der Waals surface area contributed by atoms with Crippen molar-refractivity contribution in [3.63, 3.8) is 0 Å². The van der Waals surface area contributed by atoms with Crippen LogP contribution in [0.25, 0.3) is 0 Å². The van der Waals surface area contributed by atoms with E-state index in [9.17, 15) is 22.0 Å². The first kappa shape index (κ1) is 18.9. The van der Waals surface area contributed by atoms with Crippen molar-refractivity contribution >= 4 is 21.4 Å². The Labute approximate surface area is 145 Å². The molecule has 2 rings (SSSR count). The van der Waals surface area contributed by atoms with E-state index in [0.717, 1.165) is 17.7 Å². The van der Waals surface area contributed by atoms with Crippen LogP contribution in [-0.4, -0.2) is 33.7 Å². The molecule has 0 heterocycles. The molecule has 0 saturated carbocycles. The number of carbonyl (C=O) groups is 1. The van der Waals surface area contributed by atoms with E-state index in [4.69, 9.17) is 0 Å². The van der Waals surface area contributed by atoms with Crippen LogP contribution in [0, 0.1) is 0 Å². The minimum Gasteiger partial charge on any atom is -0.385 e. The summed E-state index contributed by atoms with van der Waals surface area (Å²) < 4.78 is 47.6. The zero-order valence-electron chi connectivity index (χ0n) is 13.5. The van der Waals surface area contributed by atoms with Crippen LogP contribution in [0.15, 0.2) is 53.4 Å². The third-order valence-corrected chi connectivity index (χ3v) is 4.97. The number of benzene rings is 2. The molecule has 0 aliphatic carbocycles. The molecule has 0 saturated heterocycles. The molecule has 1 amide bonds. The minimum absolute atomic E-state index is 0.161. The molecule has 0 aromatic heterocycles. The average Bonchev–Trinajstić information content (AvgIpc) is 2.61. The molecule has 0 unspecified atom stereocenters. The molecule has 0 radical (unpaired) electrons. The summed E-state index contributed by atoms with van der Waals surface area (Å²) >= 11 is 0. The number of anilines is 1. The van der Waals surface area contributed by atoms with Gasteiger partial charge in [-0.2, -0.15) is 8.78 Å². The van der Waals surface area contributed by atoms with Crippen LogP contribution >= 0.6 is 0 Å². The molecule has 2 N–H and O–H groups in total. The van der Waals surface area contributed by atoms with Crippen LogP contribution in [-0.2, 0) is 16.3 Å². The fourth-order valence-corrected chi connectivity index (χ4v) is 2.95. The number of nitrogens with one attached hydrogen (secondary N) is 2. The summed E-state index contributed by atoms with van der Waals surface area (Å²) in [7, 11) is -3.01. The standard InChI is InChI=1S/C17H18F2N2O3S/c1-20-16(22)13-4-2-3-12(11-13)9-10-21-14-5-7-15(8-6-14)25(23,24)17(18)19/h2-8,11,17,21H,9-10H2,1H3,(H,20,22). The van der Waals surface area contributed by atoms with Gasteiger partial charge in [-0.25, -0.2) is 8.42 Å². The molecule has 2 aromatic rings. The predicted octanol–water partition coefficient (Wildman–Crippen LogP) is 2.70. The van der Waals surface area contributed by atoms with Crippen molar-refractivity contribution in [2.24, 2.45) is 0 Å². The van der Waals surface area contributed by atoms with E-state index in [0.29, 0.717) is 24.2 Å². The molecule has 5 nitrogen and oxygen atoms in total. The van der Waals surface area contributed by atoms with Crippen molar-refractivity contribution in [1.82, 2.24) is 5.32 Å². The van der Waals surface area contributed by atoms with E-state index in [1.807, 2.05) is 6.07 Å². The maximum absolute atomic E-state index is 12.5. The molecule has 25 heavy (non-hydrogen) atoms. The lowest BCUT2D eigenvalue weighted by molar-refractivity contribution is 0.0963. The second kappa shape index (κ2) is 8.06. The van der Waals surface area contributed by atoms with Crippen molar-refractivity contribution in [3.05, 3.63) is 59.7 Å². The zero-order valence-corrected chi connectivity index (χ0v) is 14.3. The SMILES string of the molecule is CNC(=O)c1cccc(CCNc2ccc(S(=O)(=O)C(F)F)cc2)c1. The highest BCUT2D eigenvalue weighted by molar-refractivity contribution is 7.91. The maximum atomic E-state index is 12.5. The summed E-state index contributed by atoms with van der Waals surface area (Å²) in [5.41, 5.74) is 2.16. The summed E-state index contributed by atoms with van der Waals surface area (Å²) in [6.45, 7) is 0.540. The van der Waals surface area contributed by atoms with E-state index in [1.165, 1.54) is 12.1 Å². The quantitative estimate of drug-likeness (QED) is 0.788. The van der Waals surface area contributed by atoms with Crippen molar-refractivity contribution in [3.8, 4) is 0 Å². The molecule has 134 valence electrons. The maximum Gasteiger partial charge on any atom is 0.341 e. The van der Waals surface area contributed by atoms with Crippen LogP contribution in [0.3, 0.4) is 0 Å². The highest BCUT2D eigenvalue weighted by Crippen LogP contribution is 2.20. The molecule has 0 spiro atoms. The van der Waals surface area contributed by atoms with E-state index in [-0.39, 0.29) is 5.91 Å². The number of carbonyl (C=O) groups excluding carboxylic acids is 1. The molecule has 0 aliphatic heterocycles. The van der Waals surface area contributed by atoms with Gasteiger partial charge in [0.05, 0.1) is 4.90 Å². The molecule has 0 bridgehead atoms. The van der Waals surface area contributed by atoms with Gasteiger partial charge in [0.25, 0.3) is 5.91 Å². The molecule has 0 atom stereocenters. The third-order valence-electron chi connectivity index (χ3n) is 3.58. The van der Waals surface area contributed by atoms with E-state index < -0.39 is 20.5 Å². The van der Waals surface area contributed by atoms with Crippen LogP contribution in [0.5, 0.6) is 0 Å². The molecule has 0 aliphatic rings. The Morgan fingerprint density at radius 2 is 1.80 bits per heavy atom. The van der Waals surface area contributed by atoms with Gasteiger partial charge in [-0.15, -0.1) is 0 Å². The number of rotatable bonds is 7. The Bertz CT molecular complexity index is 837. The van der Waals surface area contributed by atoms with Gasteiger partial charge in [-0.3, -0.25) is 4.79 Å². The Hall–Kier alpha value is -2.48. The Morgan fingerprint density at radius 3 is 2.40 bits per heavy atom. The fraction of sp³-hybridized carbons (Fsp3) is 0.235. The first-order valence-corrected chi connectivity index (χ1v) is 9.06. The molecule has 0 fully saturated rings. The van der Waals surface area contributed by atoms with Crippen LogP contribution in [0.1, 0.15) is 15.9 Å². The number of alkyl halides is 2. The summed E-state index contributed by atoms with van der Waals surface area (Å²) in [5.74, 6) is -3.59. The van der Waals surface area contributed by atoms with Crippen LogP contribution in [0.4, 0.5) is 14.5 Å². The Kier molecular flexibility index (Phi) is 6.08. The monoisotopic (exact) mass is 368 g/mol. The van der Waals surface area contributed by atoms with Gasteiger partial charge in [0.1, 0.15) is 0 Å². The van der Waals surface area contributed by atoms with E-state index in [2.05, 4.69) is 10.6 Å². The molecular formula is C17H18F2N2O3S. The van der Waals surface area contributed by atoms with Gasteiger partial charge < -0.3 is 10.6 Å². The number of amides is 1. The minimum atomic E-state index is -4.57. The first-order valence-electron chi connectivity index (χ1n) is 7.51. The average molecular weight is 368 g/mol. The Balaban J connectivity index is 1.95. The van der Waals surface area contributed by atoms with Crippen LogP contribution < -0.4 is 10.6 Å². The van der Waals surface area contributed by atoms with Gasteiger partial charge in [0.2, 0.25) is 9.84 Å². The summed E-state index contributed by atoms with van der Waals surface area (Å²) in [4.78, 5) is 11.2. The lowest BCUT2D eigenvalue weighted by atomic mass is 10.1. The van der Waals surface area contributed by atoms with Crippen molar-refractivity contribution < 1.29 is 22.0 Å². The topological polar surface area (TPSA) is 75.3 Å². The van der Waals surface area contributed by atoms with E-state index >= 15 is 0 Å². The number of sulfone groups is 1. The van der Waals surface area contributed by atoms with Gasteiger partial charge in [-0.1, -0.05) is 12.1 Å². The van der Waals surface area contributed by atoms with Crippen molar-refractivity contribution in [2.45, 2.75) is 17.1 Å². The van der Waals surface area contributed by atoms with Crippen LogP contribution in [0.2, 0.25) is 0 Å². The highest BCUT2D eigenvalue weighted by atomic mass is 32.2. The van der Waals surface area contributed by atoms with Crippen molar-refractivity contribution in [2.75, 3.05) is 18.9 Å². The van der Waals surface area contributed by atoms with Gasteiger partial charge >= 0.3 is 5.76 Å². The Morgan fingerprint density at radius 1 is 1.12 bits per heavy atom. The molecule has 2 aromatic carbocycles.